The largest absolute Gasteiger partial charge is 0.334 e. The molecule has 1 atom stereocenters. The highest BCUT2D eigenvalue weighted by Crippen LogP contribution is 2.32. The summed E-state index contributed by atoms with van der Waals surface area (Å²) in [7, 11) is 0. The molecule has 0 aromatic heterocycles. The van der Waals surface area contributed by atoms with Gasteiger partial charge in [-0.1, -0.05) is 30.3 Å². The van der Waals surface area contributed by atoms with Crippen LogP contribution in [-0.2, 0) is 6.54 Å². The first-order valence-electron chi connectivity index (χ1n) is 10.1. The lowest BCUT2D eigenvalue weighted by Gasteiger charge is -2.55. The molecular weight excluding hydrogens is 324 g/mol. The van der Waals surface area contributed by atoms with E-state index in [4.69, 9.17) is 0 Å². The number of urea groups is 1. The van der Waals surface area contributed by atoms with Gasteiger partial charge in [-0.05, 0) is 38.2 Å². The van der Waals surface area contributed by atoms with Crippen molar-refractivity contribution in [3.63, 3.8) is 0 Å². The highest BCUT2D eigenvalue weighted by Gasteiger charge is 2.44. The van der Waals surface area contributed by atoms with Crippen LogP contribution in [-0.4, -0.2) is 71.6 Å². The molecule has 2 amide bonds. The van der Waals surface area contributed by atoms with E-state index in [9.17, 15) is 4.79 Å². The summed E-state index contributed by atoms with van der Waals surface area (Å²) in [5, 5.41) is 3.11. The minimum absolute atomic E-state index is 0.0404. The molecule has 2 saturated heterocycles. The van der Waals surface area contributed by atoms with Crippen molar-refractivity contribution < 1.29 is 4.79 Å². The first kappa shape index (κ1) is 17.8. The van der Waals surface area contributed by atoms with Crippen LogP contribution in [0.25, 0.3) is 0 Å². The van der Waals surface area contributed by atoms with Crippen molar-refractivity contribution in [2.45, 2.75) is 44.8 Å². The minimum Gasteiger partial charge on any atom is -0.334 e. The van der Waals surface area contributed by atoms with Gasteiger partial charge in [0.25, 0.3) is 0 Å². The number of rotatable bonds is 4. The molecule has 0 radical (unpaired) electrons. The van der Waals surface area contributed by atoms with Crippen molar-refractivity contribution in [2.24, 2.45) is 5.92 Å². The van der Waals surface area contributed by atoms with Crippen molar-refractivity contribution >= 4 is 6.03 Å². The summed E-state index contributed by atoms with van der Waals surface area (Å²) in [5.74, 6) is 0.934. The number of amides is 2. The van der Waals surface area contributed by atoms with Gasteiger partial charge in [-0.3, -0.25) is 4.90 Å². The Kier molecular flexibility index (Phi) is 4.93. The van der Waals surface area contributed by atoms with Crippen LogP contribution in [0.5, 0.6) is 0 Å². The quantitative estimate of drug-likeness (QED) is 0.900. The van der Waals surface area contributed by atoms with Crippen LogP contribution in [0, 0.1) is 5.92 Å². The molecule has 1 aromatic rings. The Bertz CT molecular complexity index is 628. The van der Waals surface area contributed by atoms with Crippen LogP contribution in [0.4, 0.5) is 4.79 Å². The molecular formula is C21H32N4O. The summed E-state index contributed by atoms with van der Waals surface area (Å²) in [5.41, 5.74) is 1.19. The van der Waals surface area contributed by atoms with Crippen molar-refractivity contribution in [3.05, 3.63) is 35.9 Å². The minimum atomic E-state index is 0.0404. The SMILES string of the molecule is CC1(C)CN(C(=O)NCc2ccccc2)CC2CN(CC3CC3)CCN21. The zero-order valence-electron chi connectivity index (χ0n) is 16.2. The number of nitrogens with one attached hydrogen (secondary N) is 1. The molecule has 2 aliphatic heterocycles. The number of fused-ring (bicyclic) bond motifs is 1. The Hall–Kier alpha value is -1.59. The van der Waals surface area contributed by atoms with E-state index >= 15 is 0 Å². The van der Waals surface area contributed by atoms with E-state index in [0.29, 0.717) is 12.6 Å². The van der Waals surface area contributed by atoms with Gasteiger partial charge in [0, 0.05) is 57.4 Å². The maximum absolute atomic E-state index is 12.8. The summed E-state index contributed by atoms with van der Waals surface area (Å²) in [6.45, 7) is 11.5. The molecule has 5 heteroatoms. The molecule has 3 fully saturated rings. The average molecular weight is 357 g/mol. The lowest BCUT2D eigenvalue weighted by Crippen LogP contribution is -2.71. The van der Waals surface area contributed by atoms with Crippen LogP contribution >= 0.6 is 0 Å². The Balaban J connectivity index is 1.37. The maximum atomic E-state index is 12.8. The normalized spacial score (nSPS) is 26.4. The van der Waals surface area contributed by atoms with Gasteiger partial charge < -0.3 is 15.1 Å². The molecule has 1 unspecified atom stereocenters. The van der Waals surface area contributed by atoms with Gasteiger partial charge in [0.1, 0.15) is 0 Å². The zero-order valence-corrected chi connectivity index (χ0v) is 16.2. The summed E-state index contributed by atoms with van der Waals surface area (Å²) in [4.78, 5) is 20.1. The van der Waals surface area contributed by atoms with E-state index in [1.807, 2.05) is 23.1 Å². The molecule has 1 aromatic carbocycles. The number of nitrogens with zero attached hydrogens (tertiary/aromatic N) is 3. The molecule has 1 aliphatic carbocycles. The molecule has 5 nitrogen and oxygen atoms in total. The molecule has 1 N–H and O–H groups in total. The molecule has 0 bridgehead atoms. The topological polar surface area (TPSA) is 38.8 Å². The van der Waals surface area contributed by atoms with Crippen LogP contribution < -0.4 is 5.32 Å². The third kappa shape index (κ3) is 4.04. The van der Waals surface area contributed by atoms with Crippen LogP contribution in [0.15, 0.2) is 30.3 Å². The highest BCUT2D eigenvalue weighted by atomic mass is 16.2. The third-order valence-corrected chi connectivity index (χ3v) is 6.14. The molecule has 1 saturated carbocycles. The van der Waals surface area contributed by atoms with Gasteiger partial charge in [-0.25, -0.2) is 4.79 Å². The van der Waals surface area contributed by atoms with Crippen LogP contribution in [0.3, 0.4) is 0 Å². The summed E-state index contributed by atoms with van der Waals surface area (Å²) >= 11 is 0. The first-order valence-corrected chi connectivity index (χ1v) is 10.1. The fraction of sp³-hybridized carbons (Fsp3) is 0.667. The smallest absolute Gasteiger partial charge is 0.317 e. The Morgan fingerprint density at radius 3 is 2.65 bits per heavy atom. The van der Waals surface area contributed by atoms with E-state index in [2.05, 4.69) is 41.1 Å². The maximum Gasteiger partial charge on any atom is 0.317 e. The predicted octanol–water partition coefficient (Wildman–Crippen LogP) is 2.39. The van der Waals surface area contributed by atoms with Gasteiger partial charge in [-0.15, -0.1) is 0 Å². The summed E-state index contributed by atoms with van der Waals surface area (Å²) < 4.78 is 0. The van der Waals surface area contributed by atoms with Crippen molar-refractivity contribution in [2.75, 3.05) is 39.3 Å². The van der Waals surface area contributed by atoms with Gasteiger partial charge in [0.05, 0.1) is 0 Å². The predicted molar refractivity (Wildman–Crippen MR) is 104 cm³/mol. The standard InChI is InChI=1S/C21H32N4O/c1-21(2)16-24(20(26)22-12-17-6-4-3-5-7-17)15-19-14-23(10-11-25(19)21)13-18-8-9-18/h3-7,18-19H,8-16H2,1-2H3,(H,22,26). The molecule has 142 valence electrons. The third-order valence-electron chi connectivity index (χ3n) is 6.14. The lowest BCUT2D eigenvalue weighted by molar-refractivity contribution is -0.0531. The van der Waals surface area contributed by atoms with E-state index in [-0.39, 0.29) is 11.6 Å². The molecule has 4 rings (SSSR count). The van der Waals surface area contributed by atoms with E-state index in [0.717, 1.165) is 37.7 Å². The number of piperazine rings is 2. The number of carbonyl (C=O) groups excluding carboxylic acids is 1. The summed E-state index contributed by atoms with van der Waals surface area (Å²) in [6.07, 6.45) is 2.81. The second kappa shape index (κ2) is 7.20. The van der Waals surface area contributed by atoms with Gasteiger partial charge >= 0.3 is 6.03 Å². The van der Waals surface area contributed by atoms with Crippen molar-refractivity contribution in [1.82, 2.24) is 20.0 Å². The molecule has 26 heavy (non-hydrogen) atoms. The molecule has 0 spiro atoms. The second-order valence-corrected chi connectivity index (χ2v) is 8.89. The average Bonchev–Trinajstić information content (AvgIpc) is 3.43. The molecule has 3 aliphatic rings. The monoisotopic (exact) mass is 356 g/mol. The zero-order chi connectivity index (χ0) is 18.1. The molecule has 2 heterocycles. The number of hydrogen-bond donors (Lipinski definition) is 1. The van der Waals surface area contributed by atoms with Gasteiger partial charge in [-0.2, -0.15) is 0 Å². The summed E-state index contributed by atoms with van der Waals surface area (Å²) in [6, 6.07) is 10.7. The van der Waals surface area contributed by atoms with Crippen LogP contribution in [0.2, 0.25) is 0 Å². The fourth-order valence-corrected chi connectivity index (χ4v) is 4.62. The van der Waals surface area contributed by atoms with Crippen molar-refractivity contribution in [3.8, 4) is 0 Å². The van der Waals surface area contributed by atoms with Gasteiger partial charge in [0.15, 0.2) is 0 Å². The fourth-order valence-electron chi connectivity index (χ4n) is 4.62. The van der Waals surface area contributed by atoms with Gasteiger partial charge in [0.2, 0.25) is 0 Å². The second-order valence-electron chi connectivity index (χ2n) is 8.89. The Labute approximate surface area is 157 Å². The van der Waals surface area contributed by atoms with Crippen molar-refractivity contribution in [1.29, 1.82) is 0 Å². The van der Waals surface area contributed by atoms with E-state index in [1.54, 1.807) is 0 Å². The van der Waals surface area contributed by atoms with Crippen LogP contribution in [0.1, 0.15) is 32.3 Å². The Morgan fingerprint density at radius 2 is 1.92 bits per heavy atom. The lowest BCUT2D eigenvalue weighted by atomic mass is 9.93. The Morgan fingerprint density at radius 1 is 1.15 bits per heavy atom. The van der Waals surface area contributed by atoms with E-state index < -0.39 is 0 Å². The number of benzene rings is 1. The number of hydrogen-bond acceptors (Lipinski definition) is 3. The number of carbonyl (C=O) groups is 1. The highest BCUT2D eigenvalue weighted by molar-refractivity contribution is 5.74. The first-order chi connectivity index (χ1) is 12.5. The van der Waals surface area contributed by atoms with E-state index in [1.165, 1.54) is 25.9 Å².